The number of likely N-dealkylation sites (N-methyl/N-ethyl adjacent to an activating group) is 1. The van der Waals surface area contributed by atoms with E-state index in [0.29, 0.717) is 19.8 Å². The summed E-state index contributed by atoms with van der Waals surface area (Å²) in [6.07, 6.45) is 0. The van der Waals surface area contributed by atoms with Crippen molar-refractivity contribution in [3.05, 3.63) is 0 Å². The van der Waals surface area contributed by atoms with Crippen molar-refractivity contribution in [1.29, 1.82) is 0 Å². The third kappa shape index (κ3) is 4.26. The molecule has 0 aliphatic carbocycles. The van der Waals surface area contributed by atoms with Crippen LogP contribution in [0.5, 0.6) is 0 Å². The molecule has 5 nitrogen and oxygen atoms in total. The van der Waals surface area contributed by atoms with Gasteiger partial charge in [-0.3, -0.25) is 4.79 Å². The summed E-state index contributed by atoms with van der Waals surface area (Å²) in [4.78, 5) is 12.0. The van der Waals surface area contributed by atoms with Crippen LogP contribution < -0.4 is 10.6 Å². The second-order valence-corrected chi connectivity index (χ2v) is 4.99. The summed E-state index contributed by atoms with van der Waals surface area (Å²) < 4.78 is 10.6. The Kier molecular flexibility index (Phi) is 5.36. The first kappa shape index (κ1) is 14.4. The molecule has 0 aromatic heterocycles. The summed E-state index contributed by atoms with van der Waals surface area (Å²) in [6.45, 7) is 8.39. The van der Waals surface area contributed by atoms with Crippen molar-refractivity contribution in [2.45, 2.75) is 32.4 Å². The fourth-order valence-corrected chi connectivity index (χ4v) is 1.78. The van der Waals surface area contributed by atoms with E-state index in [2.05, 4.69) is 10.6 Å². The van der Waals surface area contributed by atoms with Crippen LogP contribution in [0.1, 0.15) is 20.8 Å². The standard InChI is InChI=1S/C12H24N2O3/c1-5-13-10-7-17-6-9(10)11(15)14-8-12(2,3)16-4/h9-10,13H,5-8H2,1-4H3,(H,14,15). The maximum Gasteiger partial charge on any atom is 0.227 e. The molecule has 17 heavy (non-hydrogen) atoms. The van der Waals surface area contributed by atoms with Crippen molar-refractivity contribution in [2.75, 3.05) is 33.4 Å². The van der Waals surface area contributed by atoms with Gasteiger partial charge in [-0.25, -0.2) is 0 Å². The van der Waals surface area contributed by atoms with Gasteiger partial charge in [-0.1, -0.05) is 6.92 Å². The van der Waals surface area contributed by atoms with E-state index in [1.807, 2.05) is 20.8 Å². The van der Waals surface area contributed by atoms with Crippen LogP contribution >= 0.6 is 0 Å². The molecule has 1 aliphatic rings. The first-order chi connectivity index (χ1) is 8.00. The van der Waals surface area contributed by atoms with Crippen LogP contribution in [0.15, 0.2) is 0 Å². The van der Waals surface area contributed by atoms with Crippen LogP contribution in [0.25, 0.3) is 0 Å². The molecule has 2 atom stereocenters. The van der Waals surface area contributed by atoms with Gasteiger partial charge in [0.2, 0.25) is 5.91 Å². The summed E-state index contributed by atoms with van der Waals surface area (Å²) in [6, 6.07) is 0.130. The van der Waals surface area contributed by atoms with Crippen LogP contribution in [0, 0.1) is 5.92 Å². The van der Waals surface area contributed by atoms with Gasteiger partial charge in [0, 0.05) is 19.7 Å². The van der Waals surface area contributed by atoms with Crippen molar-refractivity contribution < 1.29 is 14.3 Å². The Balaban J connectivity index is 2.41. The van der Waals surface area contributed by atoms with Crippen molar-refractivity contribution in [3.8, 4) is 0 Å². The fourth-order valence-electron chi connectivity index (χ4n) is 1.78. The van der Waals surface area contributed by atoms with Crippen molar-refractivity contribution in [2.24, 2.45) is 5.92 Å². The van der Waals surface area contributed by atoms with Crippen molar-refractivity contribution in [3.63, 3.8) is 0 Å². The van der Waals surface area contributed by atoms with Gasteiger partial charge in [0.15, 0.2) is 0 Å². The molecule has 5 heteroatoms. The van der Waals surface area contributed by atoms with E-state index < -0.39 is 0 Å². The third-order valence-electron chi connectivity index (χ3n) is 3.12. The highest BCUT2D eigenvalue weighted by Crippen LogP contribution is 2.14. The molecule has 1 fully saturated rings. The van der Waals surface area contributed by atoms with Crippen LogP contribution in [-0.2, 0) is 14.3 Å². The quantitative estimate of drug-likeness (QED) is 0.698. The summed E-state index contributed by atoms with van der Waals surface area (Å²) in [5.74, 6) is -0.0545. The molecular formula is C12H24N2O3. The lowest BCUT2D eigenvalue weighted by Gasteiger charge is -2.25. The van der Waals surface area contributed by atoms with Gasteiger partial charge in [-0.15, -0.1) is 0 Å². The lowest BCUT2D eigenvalue weighted by Crippen LogP contribution is -2.47. The number of nitrogens with one attached hydrogen (secondary N) is 2. The molecule has 0 spiro atoms. The number of carbonyl (C=O) groups excluding carboxylic acids is 1. The average Bonchev–Trinajstić information content (AvgIpc) is 2.75. The molecule has 0 saturated carbocycles. The molecule has 0 radical (unpaired) electrons. The smallest absolute Gasteiger partial charge is 0.227 e. The number of hydrogen-bond donors (Lipinski definition) is 2. The molecule has 1 rings (SSSR count). The molecule has 0 aromatic carbocycles. The number of amides is 1. The van der Waals surface area contributed by atoms with E-state index >= 15 is 0 Å². The normalized spacial score (nSPS) is 24.9. The molecular weight excluding hydrogens is 220 g/mol. The number of ether oxygens (including phenoxy) is 2. The summed E-state index contributed by atoms with van der Waals surface area (Å²) in [5, 5.41) is 6.19. The zero-order valence-electron chi connectivity index (χ0n) is 11.2. The minimum Gasteiger partial charge on any atom is -0.379 e. The SMILES string of the molecule is CCNC1COCC1C(=O)NCC(C)(C)OC. The van der Waals surface area contributed by atoms with Gasteiger partial charge >= 0.3 is 0 Å². The number of methoxy groups -OCH3 is 1. The fraction of sp³-hybridized carbons (Fsp3) is 0.917. The van der Waals surface area contributed by atoms with Gasteiger partial charge in [-0.05, 0) is 20.4 Å². The molecule has 0 bridgehead atoms. The molecule has 0 aromatic rings. The Morgan fingerprint density at radius 2 is 2.18 bits per heavy atom. The Hall–Kier alpha value is -0.650. The van der Waals surface area contributed by atoms with E-state index in [0.717, 1.165) is 6.54 Å². The minimum absolute atomic E-state index is 0.0403. The van der Waals surface area contributed by atoms with E-state index in [4.69, 9.17) is 9.47 Å². The Morgan fingerprint density at radius 1 is 1.47 bits per heavy atom. The highest BCUT2D eigenvalue weighted by atomic mass is 16.5. The third-order valence-corrected chi connectivity index (χ3v) is 3.12. The van der Waals surface area contributed by atoms with Crippen molar-refractivity contribution in [1.82, 2.24) is 10.6 Å². The van der Waals surface area contributed by atoms with E-state index in [9.17, 15) is 4.79 Å². The molecule has 1 aliphatic heterocycles. The van der Waals surface area contributed by atoms with Gasteiger partial charge in [0.25, 0.3) is 0 Å². The predicted octanol–water partition coefficient (Wildman–Crippen LogP) is 0.152. The van der Waals surface area contributed by atoms with E-state index in [-0.39, 0.29) is 23.5 Å². The second-order valence-electron chi connectivity index (χ2n) is 4.99. The average molecular weight is 244 g/mol. The molecule has 1 heterocycles. The highest BCUT2D eigenvalue weighted by molar-refractivity contribution is 5.79. The Labute approximate surface area is 103 Å². The summed E-state index contributed by atoms with van der Waals surface area (Å²) in [7, 11) is 1.65. The lowest BCUT2D eigenvalue weighted by molar-refractivity contribution is -0.126. The maximum absolute atomic E-state index is 12.0. The molecule has 100 valence electrons. The highest BCUT2D eigenvalue weighted by Gasteiger charge is 2.33. The zero-order chi connectivity index (χ0) is 12.9. The van der Waals surface area contributed by atoms with Crippen molar-refractivity contribution >= 4 is 5.91 Å². The number of carbonyl (C=O) groups is 1. The monoisotopic (exact) mass is 244 g/mol. The summed E-state index contributed by atoms with van der Waals surface area (Å²) in [5.41, 5.74) is -0.331. The largest absolute Gasteiger partial charge is 0.379 e. The molecule has 2 N–H and O–H groups in total. The van der Waals surface area contributed by atoms with Crippen LogP contribution in [0.2, 0.25) is 0 Å². The van der Waals surface area contributed by atoms with Crippen LogP contribution in [0.3, 0.4) is 0 Å². The van der Waals surface area contributed by atoms with Gasteiger partial charge in [0.05, 0.1) is 24.7 Å². The van der Waals surface area contributed by atoms with Crippen LogP contribution in [-0.4, -0.2) is 51.0 Å². The van der Waals surface area contributed by atoms with Gasteiger partial charge in [0.1, 0.15) is 0 Å². The first-order valence-corrected chi connectivity index (χ1v) is 6.14. The Morgan fingerprint density at radius 3 is 2.76 bits per heavy atom. The minimum atomic E-state index is -0.331. The maximum atomic E-state index is 12.0. The molecule has 2 unspecified atom stereocenters. The number of rotatable bonds is 6. The number of hydrogen-bond acceptors (Lipinski definition) is 4. The van der Waals surface area contributed by atoms with E-state index in [1.54, 1.807) is 7.11 Å². The van der Waals surface area contributed by atoms with Gasteiger partial charge in [-0.2, -0.15) is 0 Å². The molecule has 1 saturated heterocycles. The summed E-state index contributed by atoms with van der Waals surface area (Å²) >= 11 is 0. The molecule has 1 amide bonds. The van der Waals surface area contributed by atoms with Gasteiger partial charge < -0.3 is 20.1 Å². The zero-order valence-corrected chi connectivity index (χ0v) is 11.2. The Bertz CT molecular complexity index is 256. The second kappa shape index (κ2) is 6.33. The predicted molar refractivity (Wildman–Crippen MR) is 65.9 cm³/mol. The topological polar surface area (TPSA) is 59.6 Å². The lowest BCUT2D eigenvalue weighted by atomic mass is 10.0. The van der Waals surface area contributed by atoms with E-state index in [1.165, 1.54) is 0 Å². The first-order valence-electron chi connectivity index (χ1n) is 6.14. The van der Waals surface area contributed by atoms with Crippen LogP contribution in [0.4, 0.5) is 0 Å².